The van der Waals surface area contributed by atoms with Gasteiger partial charge in [-0.3, -0.25) is 9.59 Å². The number of alkyl carbamates (subject to hydrolysis) is 1. The summed E-state index contributed by atoms with van der Waals surface area (Å²) < 4.78 is 5.27. The maximum atomic E-state index is 13.1. The molecule has 11 heteroatoms. The van der Waals surface area contributed by atoms with Crippen molar-refractivity contribution in [2.75, 3.05) is 0 Å². The van der Waals surface area contributed by atoms with Crippen LogP contribution in [0.1, 0.15) is 38.8 Å². The Balaban J connectivity index is 1.68. The average molecular weight is 539 g/mol. The first-order valence-electron chi connectivity index (χ1n) is 12.5. The van der Waals surface area contributed by atoms with Gasteiger partial charge in [-0.1, -0.05) is 30.3 Å². The van der Waals surface area contributed by atoms with E-state index < -0.39 is 47.6 Å². The summed E-state index contributed by atoms with van der Waals surface area (Å²) in [6.07, 6.45) is 0.977. The smallest absolute Gasteiger partial charge is 0.408 e. The van der Waals surface area contributed by atoms with Gasteiger partial charge in [0.1, 0.15) is 29.5 Å². The standard InChI is InChI=1S/C28H34N4O7/c1-16(24(34)31-23(26(36)37)14-18-15-29-21-8-6-5-7-20(18)21)30-25(35)22(32-27(38)39-28(2,3)4)13-17-9-11-19(33)12-10-17/h5-12,15-16,22-23,29,33H,13-14H2,1-4H3,(H,30,35)(H,31,34)(H,32,38)(H,36,37)/t16-,22+,23+/m0/s1. The molecule has 0 bridgehead atoms. The second kappa shape index (κ2) is 12.3. The quantitative estimate of drug-likeness (QED) is 0.230. The van der Waals surface area contributed by atoms with Crippen LogP contribution in [0.2, 0.25) is 0 Å². The molecular weight excluding hydrogens is 504 g/mol. The van der Waals surface area contributed by atoms with Crippen LogP contribution in [0, 0.1) is 0 Å². The SMILES string of the molecule is C[C@H](NC(=O)[C@@H](Cc1ccc(O)cc1)NC(=O)OC(C)(C)C)C(=O)N[C@H](Cc1c[nH]c2ccccc12)C(=O)O. The molecule has 6 N–H and O–H groups in total. The van der Waals surface area contributed by atoms with Crippen molar-refractivity contribution in [1.82, 2.24) is 20.9 Å². The van der Waals surface area contributed by atoms with Gasteiger partial charge < -0.3 is 35.9 Å². The van der Waals surface area contributed by atoms with E-state index in [0.29, 0.717) is 5.56 Å². The van der Waals surface area contributed by atoms with Gasteiger partial charge >= 0.3 is 12.1 Å². The molecule has 0 spiro atoms. The normalized spacial score (nSPS) is 13.6. The number of phenols is 1. The molecule has 2 aromatic carbocycles. The first kappa shape index (κ1) is 29.0. The second-order valence-corrected chi connectivity index (χ2v) is 10.3. The van der Waals surface area contributed by atoms with Gasteiger partial charge in [-0.15, -0.1) is 0 Å². The first-order chi connectivity index (χ1) is 18.3. The average Bonchev–Trinajstić information content (AvgIpc) is 3.26. The van der Waals surface area contributed by atoms with E-state index in [1.54, 1.807) is 39.1 Å². The van der Waals surface area contributed by atoms with Gasteiger partial charge in [0.15, 0.2) is 0 Å². The molecule has 0 aliphatic heterocycles. The van der Waals surface area contributed by atoms with Crippen LogP contribution in [0.15, 0.2) is 54.7 Å². The number of carbonyl (C=O) groups excluding carboxylic acids is 3. The van der Waals surface area contributed by atoms with Crippen LogP contribution in [0.3, 0.4) is 0 Å². The zero-order valence-corrected chi connectivity index (χ0v) is 22.3. The van der Waals surface area contributed by atoms with E-state index in [1.807, 2.05) is 24.3 Å². The van der Waals surface area contributed by atoms with Crippen LogP contribution in [0.5, 0.6) is 5.75 Å². The van der Waals surface area contributed by atoms with Gasteiger partial charge in [-0.2, -0.15) is 0 Å². The first-order valence-corrected chi connectivity index (χ1v) is 12.5. The van der Waals surface area contributed by atoms with Crippen LogP contribution in [-0.4, -0.2) is 62.8 Å². The lowest BCUT2D eigenvalue weighted by molar-refractivity contribution is -0.142. The Hall–Kier alpha value is -4.54. The number of benzene rings is 2. The third-order valence-corrected chi connectivity index (χ3v) is 5.85. The van der Waals surface area contributed by atoms with Crippen LogP contribution in [0.25, 0.3) is 10.9 Å². The van der Waals surface area contributed by atoms with Gasteiger partial charge in [-0.05, 0) is 57.0 Å². The molecule has 0 radical (unpaired) electrons. The summed E-state index contributed by atoms with van der Waals surface area (Å²) in [6, 6.07) is 10.1. The number of hydrogen-bond acceptors (Lipinski definition) is 6. The highest BCUT2D eigenvalue weighted by atomic mass is 16.6. The summed E-state index contributed by atoms with van der Waals surface area (Å²) in [5.41, 5.74) is 1.42. The number of carboxylic acids is 1. The monoisotopic (exact) mass is 538 g/mol. The second-order valence-electron chi connectivity index (χ2n) is 10.3. The number of aromatic nitrogens is 1. The van der Waals surface area contributed by atoms with Crippen molar-refractivity contribution in [2.24, 2.45) is 0 Å². The van der Waals surface area contributed by atoms with Crippen molar-refractivity contribution in [1.29, 1.82) is 0 Å². The van der Waals surface area contributed by atoms with E-state index in [1.165, 1.54) is 19.1 Å². The fourth-order valence-electron chi connectivity index (χ4n) is 3.92. The number of nitrogens with one attached hydrogen (secondary N) is 4. The molecule has 11 nitrogen and oxygen atoms in total. The number of carbonyl (C=O) groups is 4. The Bertz CT molecular complexity index is 1330. The van der Waals surface area contributed by atoms with Gasteiger partial charge in [0.25, 0.3) is 0 Å². The predicted molar refractivity (Wildman–Crippen MR) is 144 cm³/mol. The van der Waals surface area contributed by atoms with Gasteiger partial charge in [-0.25, -0.2) is 9.59 Å². The highest BCUT2D eigenvalue weighted by Crippen LogP contribution is 2.19. The number of aromatic hydroxyl groups is 1. The molecule has 1 aromatic heterocycles. The molecular formula is C28H34N4O7. The van der Waals surface area contributed by atoms with Gasteiger partial charge in [0, 0.05) is 29.9 Å². The molecule has 208 valence electrons. The molecule has 0 aliphatic rings. The molecule has 0 fully saturated rings. The largest absolute Gasteiger partial charge is 0.508 e. The number of aliphatic carboxylic acids is 1. The molecule has 3 atom stereocenters. The Kier molecular flexibility index (Phi) is 9.18. The third kappa shape index (κ3) is 8.49. The van der Waals surface area contributed by atoms with Crippen molar-refractivity contribution >= 4 is 34.8 Å². The van der Waals surface area contributed by atoms with Crippen molar-refractivity contribution in [3.05, 3.63) is 65.9 Å². The van der Waals surface area contributed by atoms with Crippen molar-refractivity contribution in [2.45, 2.75) is 64.3 Å². The van der Waals surface area contributed by atoms with Crippen LogP contribution >= 0.6 is 0 Å². The molecule has 0 saturated heterocycles. The summed E-state index contributed by atoms with van der Waals surface area (Å²) in [5, 5.41) is 27.7. The summed E-state index contributed by atoms with van der Waals surface area (Å²) in [6.45, 7) is 6.47. The van der Waals surface area contributed by atoms with Crippen molar-refractivity contribution < 1.29 is 34.1 Å². The summed E-state index contributed by atoms with van der Waals surface area (Å²) in [5.74, 6) is -2.54. The fraction of sp³-hybridized carbons (Fsp3) is 0.357. The number of amides is 3. The lowest BCUT2D eigenvalue weighted by atomic mass is 10.0. The molecule has 39 heavy (non-hydrogen) atoms. The van der Waals surface area contributed by atoms with Gasteiger partial charge in [0.05, 0.1) is 0 Å². The Morgan fingerprint density at radius 2 is 1.56 bits per heavy atom. The minimum atomic E-state index is -1.23. The molecule has 3 aromatic rings. The topological polar surface area (TPSA) is 170 Å². The van der Waals surface area contributed by atoms with Gasteiger partial charge in [0.2, 0.25) is 11.8 Å². The number of phenolic OH excluding ortho intramolecular Hbond substituents is 1. The molecule has 0 unspecified atom stereocenters. The Morgan fingerprint density at radius 1 is 0.897 bits per heavy atom. The number of H-pyrrole nitrogens is 1. The summed E-state index contributed by atoms with van der Waals surface area (Å²) in [7, 11) is 0. The van der Waals surface area contributed by atoms with E-state index in [0.717, 1.165) is 16.5 Å². The van der Waals surface area contributed by atoms with E-state index in [9.17, 15) is 29.4 Å². The number of fused-ring (bicyclic) bond motifs is 1. The highest BCUT2D eigenvalue weighted by molar-refractivity contribution is 5.93. The minimum absolute atomic E-state index is 0.0371. The fourth-order valence-corrected chi connectivity index (χ4v) is 3.92. The lowest BCUT2D eigenvalue weighted by Gasteiger charge is -2.25. The number of carboxylic acid groups (broad SMARTS) is 1. The van der Waals surface area contributed by atoms with E-state index in [4.69, 9.17) is 4.74 Å². The molecule has 0 aliphatic carbocycles. The highest BCUT2D eigenvalue weighted by Gasteiger charge is 2.29. The van der Waals surface area contributed by atoms with Crippen LogP contribution < -0.4 is 16.0 Å². The van der Waals surface area contributed by atoms with Crippen molar-refractivity contribution in [3.8, 4) is 5.75 Å². The Labute approximate surface area is 225 Å². The third-order valence-electron chi connectivity index (χ3n) is 5.85. The number of hydrogen-bond donors (Lipinski definition) is 6. The number of para-hydroxylation sites is 1. The van der Waals surface area contributed by atoms with Crippen LogP contribution in [0.4, 0.5) is 4.79 Å². The molecule has 1 heterocycles. The minimum Gasteiger partial charge on any atom is -0.508 e. The van der Waals surface area contributed by atoms with E-state index >= 15 is 0 Å². The zero-order chi connectivity index (χ0) is 28.7. The van der Waals surface area contributed by atoms with Crippen LogP contribution in [-0.2, 0) is 32.0 Å². The molecule has 3 rings (SSSR count). The number of rotatable bonds is 10. The zero-order valence-electron chi connectivity index (χ0n) is 22.3. The number of ether oxygens (including phenoxy) is 1. The maximum Gasteiger partial charge on any atom is 0.408 e. The summed E-state index contributed by atoms with van der Waals surface area (Å²) in [4.78, 5) is 53.4. The molecule has 0 saturated carbocycles. The van der Waals surface area contributed by atoms with E-state index in [2.05, 4.69) is 20.9 Å². The lowest BCUT2D eigenvalue weighted by Crippen LogP contribution is -2.55. The van der Waals surface area contributed by atoms with Crippen molar-refractivity contribution in [3.63, 3.8) is 0 Å². The van der Waals surface area contributed by atoms with E-state index in [-0.39, 0.29) is 18.6 Å². The summed E-state index contributed by atoms with van der Waals surface area (Å²) >= 11 is 0. The number of aromatic amines is 1. The maximum absolute atomic E-state index is 13.1. The molecule has 3 amide bonds. The Morgan fingerprint density at radius 3 is 2.21 bits per heavy atom. The predicted octanol–water partition coefficient (Wildman–Crippen LogP) is 2.63.